The van der Waals surface area contributed by atoms with E-state index in [9.17, 15) is 9.90 Å². The molecule has 0 fully saturated rings. The molecule has 0 saturated heterocycles. The van der Waals surface area contributed by atoms with Crippen LogP contribution in [0.2, 0.25) is 0 Å². The molecule has 0 aliphatic carbocycles. The number of aliphatic hydroxyl groups is 1. The van der Waals surface area contributed by atoms with Crippen LogP contribution in [0.4, 0.5) is 0 Å². The van der Waals surface area contributed by atoms with E-state index in [0.29, 0.717) is 18.7 Å². The first-order valence-corrected chi connectivity index (χ1v) is 8.11. The van der Waals surface area contributed by atoms with Crippen LogP contribution in [-0.4, -0.2) is 16.6 Å². The average Bonchev–Trinajstić information content (AvgIpc) is 2.57. The number of hydrogen-bond acceptors (Lipinski definition) is 3. The molecular weight excluding hydrogens is 300 g/mol. The van der Waals surface area contributed by atoms with Gasteiger partial charge in [-0.25, -0.2) is 0 Å². The highest BCUT2D eigenvalue weighted by Gasteiger charge is 2.08. The summed E-state index contributed by atoms with van der Waals surface area (Å²) in [5.74, 6) is 0. The molecule has 1 aromatic heterocycles. The smallest absolute Gasteiger partial charge is 0.252 e. The van der Waals surface area contributed by atoms with Gasteiger partial charge in [-0.2, -0.15) is 0 Å². The fourth-order valence-electron chi connectivity index (χ4n) is 3.00. The molecule has 2 aromatic carbocycles. The Hall–Kier alpha value is -2.43. The molecule has 4 nitrogen and oxygen atoms in total. The number of fused-ring (bicyclic) bond motifs is 1. The number of aryl methyl sites for hydroxylation is 2. The van der Waals surface area contributed by atoms with Crippen LogP contribution < -0.4 is 10.9 Å². The minimum absolute atomic E-state index is 0.0869. The Kier molecular flexibility index (Phi) is 4.79. The third-order valence-electron chi connectivity index (χ3n) is 4.21. The third-order valence-corrected chi connectivity index (χ3v) is 4.21. The predicted molar refractivity (Wildman–Crippen MR) is 97.2 cm³/mol. The van der Waals surface area contributed by atoms with Gasteiger partial charge in [0, 0.05) is 18.7 Å². The minimum atomic E-state index is -0.588. The molecule has 0 radical (unpaired) electrons. The highest BCUT2D eigenvalue weighted by Crippen LogP contribution is 2.18. The summed E-state index contributed by atoms with van der Waals surface area (Å²) in [6.07, 6.45) is -0.588. The second kappa shape index (κ2) is 6.99. The summed E-state index contributed by atoms with van der Waals surface area (Å²) in [4.78, 5) is 15.2. The molecule has 0 spiro atoms. The number of hydrogen-bond donors (Lipinski definition) is 3. The second-order valence-electron chi connectivity index (χ2n) is 6.23. The summed E-state index contributed by atoms with van der Waals surface area (Å²) in [6, 6.07) is 15.6. The summed E-state index contributed by atoms with van der Waals surface area (Å²) in [5, 5.41) is 14.4. The van der Waals surface area contributed by atoms with Gasteiger partial charge in [-0.15, -0.1) is 0 Å². The molecule has 0 bridgehead atoms. The van der Waals surface area contributed by atoms with Crippen LogP contribution in [-0.2, 0) is 6.54 Å². The van der Waals surface area contributed by atoms with E-state index in [1.807, 2.05) is 50.2 Å². The first-order valence-electron chi connectivity index (χ1n) is 8.11. The molecule has 1 heterocycles. The lowest BCUT2D eigenvalue weighted by atomic mass is 10.1. The van der Waals surface area contributed by atoms with Crippen molar-refractivity contribution < 1.29 is 5.11 Å². The number of aliphatic hydroxyl groups excluding tert-OH is 1. The van der Waals surface area contributed by atoms with Gasteiger partial charge >= 0.3 is 0 Å². The highest BCUT2D eigenvalue weighted by molar-refractivity contribution is 5.82. The highest BCUT2D eigenvalue weighted by atomic mass is 16.3. The molecule has 0 amide bonds. The van der Waals surface area contributed by atoms with E-state index in [1.54, 1.807) is 0 Å². The lowest BCUT2D eigenvalue weighted by Crippen LogP contribution is -2.25. The Morgan fingerprint density at radius 3 is 2.62 bits per heavy atom. The molecule has 3 aromatic rings. The van der Waals surface area contributed by atoms with Crippen LogP contribution in [0.15, 0.2) is 53.3 Å². The first-order chi connectivity index (χ1) is 11.5. The largest absolute Gasteiger partial charge is 0.387 e. The van der Waals surface area contributed by atoms with Gasteiger partial charge in [-0.3, -0.25) is 4.79 Å². The molecule has 24 heavy (non-hydrogen) atoms. The standard InChI is InChI=1S/C20H22N2O2/c1-13-8-14(2)19-16(9-13)10-17(20(24)22-19)11-21-12-18(23)15-6-4-3-5-7-15/h3-10,18,21,23H,11-12H2,1-2H3,(H,22,24)/t18-/m1/s1. The zero-order valence-electron chi connectivity index (χ0n) is 14.0. The molecule has 0 aliphatic heterocycles. The van der Waals surface area contributed by atoms with Crippen LogP contribution in [0.1, 0.15) is 28.4 Å². The van der Waals surface area contributed by atoms with E-state index < -0.39 is 6.10 Å². The molecule has 0 unspecified atom stereocenters. The maximum absolute atomic E-state index is 12.3. The number of aromatic amines is 1. The van der Waals surface area contributed by atoms with Gasteiger partial charge in [0.15, 0.2) is 0 Å². The number of rotatable bonds is 5. The Morgan fingerprint density at radius 2 is 1.88 bits per heavy atom. The van der Waals surface area contributed by atoms with Crippen LogP contribution in [0, 0.1) is 13.8 Å². The van der Waals surface area contributed by atoms with Crippen LogP contribution in [0.25, 0.3) is 10.9 Å². The normalized spacial score (nSPS) is 12.5. The third kappa shape index (κ3) is 3.55. The van der Waals surface area contributed by atoms with Crippen molar-refractivity contribution >= 4 is 10.9 Å². The quantitative estimate of drug-likeness (QED) is 0.676. The van der Waals surface area contributed by atoms with Crippen molar-refractivity contribution in [1.29, 1.82) is 0 Å². The number of nitrogens with one attached hydrogen (secondary N) is 2. The Bertz CT molecular complexity index is 901. The Labute approximate surface area is 141 Å². The molecule has 0 aliphatic rings. The molecule has 4 heteroatoms. The van der Waals surface area contributed by atoms with Gasteiger partial charge in [0.05, 0.1) is 11.6 Å². The van der Waals surface area contributed by atoms with E-state index in [4.69, 9.17) is 0 Å². The number of aromatic nitrogens is 1. The number of pyridine rings is 1. The molecular formula is C20H22N2O2. The van der Waals surface area contributed by atoms with Crippen molar-refractivity contribution in [3.63, 3.8) is 0 Å². The fraction of sp³-hybridized carbons (Fsp3) is 0.250. The Balaban J connectivity index is 1.73. The first kappa shape index (κ1) is 16.4. The van der Waals surface area contributed by atoms with Gasteiger partial charge < -0.3 is 15.4 Å². The van der Waals surface area contributed by atoms with Crippen molar-refractivity contribution in [2.75, 3.05) is 6.54 Å². The van der Waals surface area contributed by atoms with Crippen molar-refractivity contribution in [2.24, 2.45) is 0 Å². The number of H-pyrrole nitrogens is 1. The molecule has 1 atom stereocenters. The second-order valence-corrected chi connectivity index (χ2v) is 6.23. The zero-order valence-corrected chi connectivity index (χ0v) is 14.0. The van der Waals surface area contributed by atoms with Gasteiger partial charge in [0.1, 0.15) is 0 Å². The van der Waals surface area contributed by atoms with Crippen molar-refractivity contribution in [1.82, 2.24) is 10.3 Å². The number of benzene rings is 2. The SMILES string of the molecule is Cc1cc(C)c2[nH]c(=O)c(CNC[C@@H](O)c3ccccc3)cc2c1. The maximum Gasteiger partial charge on any atom is 0.252 e. The van der Waals surface area contributed by atoms with E-state index in [0.717, 1.165) is 22.0 Å². The fourth-order valence-corrected chi connectivity index (χ4v) is 3.00. The van der Waals surface area contributed by atoms with E-state index in [2.05, 4.69) is 22.4 Å². The maximum atomic E-state index is 12.3. The summed E-state index contributed by atoms with van der Waals surface area (Å²) < 4.78 is 0. The summed E-state index contributed by atoms with van der Waals surface area (Å²) >= 11 is 0. The van der Waals surface area contributed by atoms with Crippen molar-refractivity contribution in [2.45, 2.75) is 26.5 Å². The lowest BCUT2D eigenvalue weighted by Gasteiger charge is -2.12. The molecule has 3 N–H and O–H groups in total. The van der Waals surface area contributed by atoms with E-state index in [-0.39, 0.29) is 5.56 Å². The van der Waals surface area contributed by atoms with Crippen LogP contribution in [0.3, 0.4) is 0 Å². The summed E-state index contributed by atoms with van der Waals surface area (Å²) in [7, 11) is 0. The molecule has 0 saturated carbocycles. The minimum Gasteiger partial charge on any atom is -0.387 e. The zero-order chi connectivity index (χ0) is 17.1. The predicted octanol–water partition coefficient (Wildman–Crippen LogP) is 2.97. The van der Waals surface area contributed by atoms with E-state index >= 15 is 0 Å². The van der Waals surface area contributed by atoms with Crippen molar-refractivity contribution in [3.05, 3.63) is 81.1 Å². The van der Waals surface area contributed by atoms with E-state index in [1.165, 1.54) is 5.56 Å². The van der Waals surface area contributed by atoms with Crippen molar-refractivity contribution in [3.8, 4) is 0 Å². The van der Waals surface area contributed by atoms with Crippen LogP contribution >= 0.6 is 0 Å². The Morgan fingerprint density at radius 1 is 1.12 bits per heavy atom. The summed E-state index contributed by atoms with van der Waals surface area (Å²) in [6.45, 7) is 4.86. The summed E-state index contributed by atoms with van der Waals surface area (Å²) in [5.41, 5.74) is 4.58. The molecule has 124 valence electrons. The topological polar surface area (TPSA) is 65.1 Å². The van der Waals surface area contributed by atoms with Gasteiger partial charge in [0.25, 0.3) is 5.56 Å². The molecule has 3 rings (SSSR count). The van der Waals surface area contributed by atoms with Gasteiger partial charge in [0.2, 0.25) is 0 Å². The van der Waals surface area contributed by atoms with Gasteiger partial charge in [-0.1, -0.05) is 42.0 Å². The van der Waals surface area contributed by atoms with Gasteiger partial charge in [-0.05, 0) is 42.5 Å². The monoisotopic (exact) mass is 322 g/mol. The van der Waals surface area contributed by atoms with Crippen LogP contribution in [0.5, 0.6) is 0 Å². The lowest BCUT2D eigenvalue weighted by molar-refractivity contribution is 0.174. The average molecular weight is 322 g/mol.